The highest BCUT2D eigenvalue weighted by Gasteiger charge is 2.15. The number of ether oxygens (including phenoxy) is 1. The van der Waals surface area contributed by atoms with Gasteiger partial charge in [0.1, 0.15) is 0 Å². The van der Waals surface area contributed by atoms with E-state index in [1.807, 2.05) is 10.2 Å². The number of carbonyl (C=O) groups is 3. The maximum atomic E-state index is 11.1. The Morgan fingerprint density at radius 1 is 1.41 bits per heavy atom. The van der Waals surface area contributed by atoms with Crippen molar-refractivity contribution in [2.75, 3.05) is 27.2 Å². The van der Waals surface area contributed by atoms with Gasteiger partial charge < -0.3 is 15.4 Å². The van der Waals surface area contributed by atoms with Gasteiger partial charge in [-0.1, -0.05) is 6.92 Å². The molecule has 0 aromatic carbocycles. The molecule has 7 nitrogen and oxygen atoms in total. The quantitative estimate of drug-likeness (QED) is 0.603. The molecule has 98 valence electrons. The predicted octanol–water partition coefficient (Wildman–Crippen LogP) is -0.688. The minimum atomic E-state index is -0.861. The van der Waals surface area contributed by atoms with E-state index in [2.05, 4.69) is 4.74 Å². The van der Waals surface area contributed by atoms with Gasteiger partial charge in [-0.05, 0) is 7.05 Å². The van der Waals surface area contributed by atoms with Crippen molar-refractivity contribution in [1.29, 1.82) is 0 Å². The molecule has 0 bridgehead atoms. The zero-order chi connectivity index (χ0) is 13.4. The number of methoxy groups -OCH3 is 1. The van der Waals surface area contributed by atoms with Crippen molar-refractivity contribution in [1.82, 2.24) is 10.2 Å². The van der Waals surface area contributed by atoms with Gasteiger partial charge in [-0.2, -0.15) is 0 Å². The number of nitrogens with two attached hydrogens (primary N) is 1. The first-order valence-electron chi connectivity index (χ1n) is 5.22. The summed E-state index contributed by atoms with van der Waals surface area (Å²) in [6.45, 7) is 2.66. The molecule has 17 heavy (non-hydrogen) atoms. The number of hydrogen-bond acceptors (Lipinski definition) is 5. The van der Waals surface area contributed by atoms with Crippen LogP contribution in [0.1, 0.15) is 13.3 Å². The fraction of sp³-hybridized carbons (Fsp3) is 0.700. The summed E-state index contributed by atoms with van der Waals surface area (Å²) in [5, 5.41) is 1.97. The van der Waals surface area contributed by atoms with Gasteiger partial charge in [0.25, 0.3) is 0 Å². The molecule has 0 aliphatic rings. The highest BCUT2D eigenvalue weighted by atomic mass is 16.5. The number of amides is 3. The van der Waals surface area contributed by atoms with Crippen LogP contribution < -0.4 is 11.1 Å². The van der Waals surface area contributed by atoms with Gasteiger partial charge in [0, 0.05) is 19.5 Å². The normalized spacial score (nSPS) is 12.0. The largest absolute Gasteiger partial charge is 0.469 e. The van der Waals surface area contributed by atoms with Gasteiger partial charge in [-0.3, -0.25) is 14.9 Å². The SMILES string of the molecule is COC(=O)C(C)CN(C)CCC(=O)NC(N)=O. The Kier molecular flexibility index (Phi) is 6.88. The fourth-order valence-corrected chi connectivity index (χ4v) is 1.33. The van der Waals surface area contributed by atoms with Gasteiger partial charge >= 0.3 is 12.0 Å². The highest BCUT2D eigenvalue weighted by molar-refractivity contribution is 5.93. The van der Waals surface area contributed by atoms with Crippen molar-refractivity contribution in [2.24, 2.45) is 11.7 Å². The number of carbonyl (C=O) groups excluding carboxylic acids is 3. The third kappa shape index (κ3) is 7.29. The Bertz CT molecular complexity index is 293. The van der Waals surface area contributed by atoms with Gasteiger partial charge in [-0.25, -0.2) is 4.79 Å². The molecule has 0 aliphatic carbocycles. The van der Waals surface area contributed by atoms with Crippen LogP contribution in [0, 0.1) is 5.92 Å². The van der Waals surface area contributed by atoms with E-state index in [0.717, 1.165) is 0 Å². The van der Waals surface area contributed by atoms with Crippen molar-refractivity contribution >= 4 is 17.9 Å². The first-order chi connectivity index (χ1) is 7.86. The zero-order valence-electron chi connectivity index (χ0n) is 10.4. The summed E-state index contributed by atoms with van der Waals surface area (Å²) < 4.78 is 4.59. The average molecular weight is 245 g/mol. The molecule has 0 aromatic rings. The van der Waals surface area contributed by atoms with Crippen LogP contribution in [0.3, 0.4) is 0 Å². The standard InChI is InChI=1S/C10H19N3O4/c1-7(9(15)17-3)6-13(2)5-4-8(14)12-10(11)16/h7H,4-6H2,1-3H3,(H3,11,12,14,16). The molecule has 0 saturated heterocycles. The molecule has 3 N–H and O–H groups in total. The fourth-order valence-electron chi connectivity index (χ4n) is 1.33. The number of urea groups is 1. The second kappa shape index (κ2) is 7.61. The summed E-state index contributed by atoms with van der Waals surface area (Å²) in [4.78, 5) is 34.4. The maximum absolute atomic E-state index is 11.1. The Labute approximate surface area is 100 Å². The monoisotopic (exact) mass is 245 g/mol. The van der Waals surface area contributed by atoms with Crippen LogP contribution in [-0.2, 0) is 14.3 Å². The van der Waals surface area contributed by atoms with Crippen LogP contribution in [0.5, 0.6) is 0 Å². The van der Waals surface area contributed by atoms with Crippen LogP contribution in [-0.4, -0.2) is 50.1 Å². The Balaban J connectivity index is 3.87. The van der Waals surface area contributed by atoms with Crippen molar-refractivity contribution in [3.05, 3.63) is 0 Å². The smallest absolute Gasteiger partial charge is 0.318 e. The van der Waals surface area contributed by atoms with Crippen molar-refractivity contribution < 1.29 is 19.1 Å². The minimum Gasteiger partial charge on any atom is -0.469 e. The Hall–Kier alpha value is -1.63. The van der Waals surface area contributed by atoms with Crippen LogP contribution in [0.2, 0.25) is 0 Å². The topological polar surface area (TPSA) is 102 Å². The Morgan fingerprint density at radius 2 is 2.00 bits per heavy atom. The summed E-state index contributed by atoms with van der Waals surface area (Å²) in [7, 11) is 3.11. The third-order valence-corrected chi connectivity index (χ3v) is 2.17. The molecular weight excluding hydrogens is 226 g/mol. The summed E-state index contributed by atoms with van der Waals surface area (Å²) in [5.41, 5.74) is 4.79. The highest BCUT2D eigenvalue weighted by Crippen LogP contribution is 2.01. The summed E-state index contributed by atoms with van der Waals surface area (Å²) in [6, 6.07) is -0.861. The van der Waals surface area contributed by atoms with Crippen LogP contribution in [0.25, 0.3) is 0 Å². The number of imide groups is 1. The number of hydrogen-bond donors (Lipinski definition) is 2. The van der Waals surface area contributed by atoms with E-state index in [0.29, 0.717) is 13.1 Å². The lowest BCUT2D eigenvalue weighted by Crippen LogP contribution is -2.37. The van der Waals surface area contributed by atoms with Crippen molar-refractivity contribution in [3.8, 4) is 0 Å². The van der Waals surface area contributed by atoms with Gasteiger partial charge in [0.2, 0.25) is 5.91 Å². The number of nitrogens with zero attached hydrogens (tertiary/aromatic N) is 1. The molecule has 0 radical (unpaired) electrons. The summed E-state index contributed by atoms with van der Waals surface area (Å²) >= 11 is 0. The van der Waals surface area contributed by atoms with E-state index in [1.54, 1.807) is 14.0 Å². The number of rotatable bonds is 6. The van der Waals surface area contributed by atoms with Crippen LogP contribution >= 0.6 is 0 Å². The van der Waals surface area contributed by atoms with E-state index in [9.17, 15) is 14.4 Å². The van der Waals surface area contributed by atoms with E-state index in [-0.39, 0.29) is 18.3 Å². The van der Waals surface area contributed by atoms with E-state index >= 15 is 0 Å². The molecular formula is C10H19N3O4. The van der Waals surface area contributed by atoms with Gasteiger partial charge in [0.05, 0.1) is 13.0 Å². The predicted molar refractivity (Wildman–Crippen MR) is 61.0 cm³/mol. The molecule has 0 fully saturated rings. The molecule has 0 saturated carbocycles. The summed E-state index contributed by atoms with van der Waals surface area (Å²) in [5.74, 6) is -0.988. The second-order valence-electron chi connectivity index (χ2n) is 3.85. The lowest BCUT2D eigenvalue weighted by Gasteiger charge is -2.19. The minimum absolute atomic E-state index is 0.146. The lowest BCUT2D eigenvalue weighted by molar-refractivity contribution is -0.145. The molecule has 0 aliphatic heterocycles. The first kappa shape index (κ1) is 15.4. The molecule has 0 spiro atoms. The van der Waals surface area contributed by atoms with E-state index in [4.69, 9.17) is 5.73 Å². The van der Waals surface area contributed by atoms with Crippen LogP contribution in [0.15, 0.2) is 0 Å². The molecule has 0 heterocycles. The lowest BCUT2D eigenvalue weighted by atomic mass is 10.1. The first-order valence-corrected chi connectivity index (χ1v) is 5.22. The van der Waals surface area contributed by atoms with E-state index < -0.39 is 11.9 Å². The number of esters is 1. The molecule has 7 heteroatoms. The number of primary amides is 1. The van der Waals surface area contributed by atoms with Gasteiger partial charge in [0.15, 0.2) is 0 Å². The van der Waals surface area contributed by atoms with E-state index in [1.165, 1.54) is 7.11 Å². The van der Waals surface area contributed by atoms with Gasteiger partial charge in [-0.15, -0.1) is 0 Å². The van der Waals surface area contributed by atoms with Crippen molar-refractivity contribution in [2.45, 2.75) is 13.3 Å². The average Bonchev–Trinajstić information content (AvgIpc) is 2.24. The second-order valence-corrected chi connectivity index (χ2v) is 3.85. The molecule has 1 unspecified atom stereocenters. The summed E-state index contributed by atoms with van der Waals surface area (Å²) in [6.07, 6.45) is 0.146. The third-order valence-electron chi connectivity index (χ3n) is 2.17. The molecule has 3 amide bonds. The van der Waals surface area contributed by atoms with Crippen molar-refractivity contribution in [3.63, 3.8) is 0 Å². The number of nitrogens with one attached hydrogen (secondary N) is 1. The molecule has 0 rings (SSSR count). The maximum Gasteiger partial charge on any atom is 0.318 e. The zero-order valence-corrected chi connectivity index (χ0v) is 10.4. The molecule has 0 aromatic heterocycles. The Morgan fingerprint density at radius 3 is 2.47 bits per heavy atom. The van der Waals surface area contributed by atoms with Crippen LogP contribution in [0.4, 0.5) is 4.79 Å². The molecule has 1 atom stereocenters.